The van der Waals surface area contributed by atoms with Crippen molar-refractivity contribution in [3.63, 3.8) is 0 Å². The number of pyridine rings is 1. The van der Waals surface area contributed by atoms with Gasteiger partial charge in [0.05, 0.1) is 0 Å². The van der Waals surface area contributed by atoms with Crippen LogP contribution in [0, 0.1) is 0 Å². The number of halogens is 2. The summed E-state index contributed by atoms with van der Waals surface area (Å²) in [7, 11) is 1.68. The molecule has 2 aromatic heterocycles. The maximum absolute atomic E-state index is 12.8. The summed E-state index contributed by atoms with van der Waals surface area (Å²) in [4.78, 5) is 21.5. The summed E-state index contributed by atoms with van der Waals surface area (Å²) in [5.41, 5.74) is 1.56. The third kappa shape index (κ3) is 3.98. The molecule has 6 nitrogen and oxygen atoms in total. The van der Waals surface area contributed by atoms with Crippen molar-refractivity contribution >= 4 is 41.0 Å². The topological polar surface area (TPSA) is 80.0 Å². The van der Waals surface area contributed by atoms with Gasteiger partial charge < -0.3 is 10.4 Å². The molecule has 3 aromatic rings. The zero-order valence-electron chi connectivity index (χ0n) is 14.4. The standard InChI is InChI=1S/C18H19ClN4O2.ClH/c1-11(7-8-24)21-18-20-10-12-9-14(13-5-3-4-6-15(13)19)17(25)23(2)16(12)22-18;/h3-6,9-11,24H,7-8H2,1-2H3,(H,20,21,22);1H. The zero-order valence-corrected chi connectivity index (χ0v) is 16.0. The largest absolute Gasteiger partial charge is 0.396 e. The van der Waals surface area contributed by atoms with Crippen molar-refractivity contribution in [2.45, 2.75) is 19.4 Å². The highest BCUT2D eigenvalue weighted by Gasteiger charge is 2.13. The summed E-state index contributed by atoms with van der Waals surface area (Å²) < 4.78 is 1.50. The van der Waals surface area contributed by atoms with Gasteiger partial charge in [0, 0.05) is 47.4 Å². The highest BCUT2D eigenvalue weighted by atomic mass is 35.5. The number of rotatable bonds is 5. The monoisotopic (exact) mass is 394 g/mol. The Labute approximate surface area is 162 Å². The predicted molar refractivity (Wildman–Crippen MR) is 107 cm³/mol. The molecule has 1 atom stereocenters. The first-order chi connectivity index (χ1) is 12.0. The van der Waals surface area contributed by atoms with E-state index < -0.39 is 0 Å². The number of nitrogens with zero attached hydrogens (tertiary/aromatic N) is 3. The van der Waals surface area contributed by atoms with Crippen LogP contribution in [-0.4, -0.2) is 32.3 Å². The lowest BCUT2D eigenvalue weighted by atomic mass is 10.1. The van der Waals surface area contributed by atoms with Gasteiger partial charge in [-0.3, -0.25) is 9.36 Å². The van der Waals surface area contributed by atoms with Crippen LogP contribution in [0.2, 0.25) is 5.02 Å². The van der Waals surface area contributed by atoms with Gasteiger partial charge in [-0.2, -0.15) is 4.98 Å². The summed E-state index contributed by atoms with van der Waals surface area (Å²) in [6, 6.07) is 9.04. The highest BCUT2D eigenvalue weighted by molar-refractivity contribution is 6.33. The number of benzene rings is 1. The Balaban J connectivity index is 0.00000243. The molecule has 0 amide bonds. The van der Waals surface area contributed by atoms with E-state index in [1.165, 1.54) is 4.57 Å². The molecule has 0 fully saturated rings. The third-order valence-electron chi connectivity index (χ3n) is 4.05. The molecule has 2 heterocycles. The van der Waals surface area contributed by atoms with Gasteiger partial charge in [0.15, 0.2) is 0 Å². The maximum atomic E-state index is 12.8. The van der Waals surface area contributed by atoms with Crippen LogP contribution >= 0.6 is 24.0 Å². The van der Waals surface area contributed by atoms with Gasteiger partial charge in [-0.05, 0) is 25.5 Å². The molecule has 0 aliphatic rings. The first-order valence-corrected chi connectivity index (χ1v) is 8.38. The Kier molecular flexibility index (Phi) is 6.58. The average molecular weight is 395 g/mol. The molecule has 26 heavy (non-hydrogen) atoms. The minimum atomic E-state index is -0.173. The van der Waals surface area contributed by atoms with Crippen molar-refractivity contribution in [2.75, 3.05) is 11.9 Å². The summed E-state index contributed by atoms with van der Waals surface area (Å²) in [5, 5.41) is 13.4. The molecular weight excluding hydrogens is 375 g/mol. The van der Waals surface area contributed by atoms with Crippen molar-refractivity contribution in [3.05, 3.63) is 51.9 Å². The number of aliphatic hydroxyl groups is 1. The molecule has 138 valence electrons. The normalized spacial score (nSPS) is 11.8. The molecule has 1 aromatic carbocycles. The fourth-order valence-corrected chi connectivity index (χ4v) is 2.91. The summed E-state index contributed by atoms with van der Waals surface area (Å²) in [5.74, 6) is 0.425. The van der Waals surface area contributed by atoms with Gasteiger partial charge in [-0.1, -0.05) is 29.8 Å². The minimum absolute atomic E-state index is 0. The summed E-state index contributed by atoms with van der Waals surface area (Å²) in [6.45, 7) is 2.02. The zero-order chi connectivity index (χ0) is 18.0. The van der Waals surface area contributed by atoms with E-state index in [0.29, 0.717) is 34.2 Å². The van der Waals surface area contributed by atoms with E-state index in [1.807, 2.05) is 25.1 Å². The smallest absolute Gasteiger partial charge is 0.259 e. The van der Waals surface area contributed by atoms with Crippen molar-refractivity contribution in [3.8, 4) is 11.1 Å². The predicted octanol–water partition coefficient (Wildman–Crippen LogP) is 3.25. The highest BCUT2D eigenvalue weighted by Crippen LogP contribution is 2.27. The van der Waals surface area contributed by atoms with Gasteiger partial charge in [-0.15, -0.1) is 12.4 Å². The van der Waals surface area contributed by atoms with E-state index >= 15 is 0 Å². The summed E-state index contributed by atoms with van der Waals surface area (Å²) >= 11 is 6.24. The van der Waals surface area contributed by atoms with Crippen molar-refractivity contribution in [1.29, 1.82) is 0 Å². The van der Waals surface area contributed by atoms with E-state index in [9.17, 15) is 4.79 Å². The number of hydrogen-bond acceptors (Lipinski definition) is 5. The van der Waals surface area contributed by atoms with E-state index in [-0.39, 0.29) is 30.6 Å². The number of aliphatic hydroxyl groups excluding tert-OH is 1. The van der Waals surface area contributed by atoms with Crippen LogP contribution in [0.3, 0.4) is 0 Å². The lowest BCUT2D eigenvalue weighted by Crippen LogP contribution is -2.22. The van der Waals surface area contributed by atoms with E-state index in [2.05, 4.69) is 15.3 Å². The minimum Gasteiger partial charge on any atom is -0.396 e. The Hall–Kier alpha value is -2.15. The Bertz CT molecular complexity index is 975. The molecule has 8 heteroatoms. The van der Waals surface area contributed by atoms with Crippen LogP contribution in [0.25, 0.3) is 22.2 Å². The van der Waals surface area contributed by atoms with Crippen LogP contribution < -0.4 is 10.9 Å². The average Bonchev–Trinajstić information content (AvgIpc) is 2.59. The number of aryl methyl sites for hydroxylation is 1. The lowest BCUT2D eigenvalue weighted by molar-refractivity contribution is 0.282. The molecule has 0 spiro atoms. The first-order valence-electron chi connectivity index (χ1n) is 8.00. The summed E-state index contributed by atoms with van der Waals surface area (Å²) in [6.07, 6.45) is 2.27. The second-order valence-corrected chi connectivity index (χ2v) is 6.34. The van der Waals surface area contributed by atoms with Crippen LogP contribution in [0.1, 0.15) is 13.3 Å². The van der Waals surface area contributed by atoms with Crippen LogP contribution in [0.15, 0.2) is 41.3 Å². The Morgan fingerprint density at radius 1 is 1.31 bits per heavy atom. The quantitative estimate of drug-likeness (QED) is 0.693. The number of anilines is 1. The third-order valence-corrected chi connectivity index (χ3v) is 4.38. The number of nitrogens with one attached hydrogen (secondary N) is 1. The van der Waals surface area contributed by atoms with Crippen molar-refractivity contribution < 1.29 is 5.11 Å². The van der Waals surface area contributed by atoms with Gasteiger partial charge in [0.2, 0.25) is 5.95 Å². The SMILES string of the molecule is CC(CCO)Nc1ncc2cc(-c3ccccc3Cl)c(=O)n(C)c2n1.Cl. The van der Waals surface area contributed by atoms with Crippen molar-refractivity contribution in [1.82, 2.24) is 14.5 Å². The molecule has 0 saturated carbocycles. The van der Waals surface area contributed by atoms with E-state index in [1.54, 1.807) is 25.4 Å². The number of aromatic nitrogens is 3. The molecule has 0 bridgehead atoms. The first kappa shape index (κ1) is 20.2. The van der Waals surface area contributed by atoms with Crippen LogP contribution in [0.4, 0.5) is 5.95 Å². The fourth-order valence-electron chi connectivity index (χ4n) is 2.68. The molecule has 0 radical (unpaired) electrons. The molecule has 2 N–H and O–H groups in total. The van der Waals surface area contributed by atoms with Gasteiger partial charge in [0.25, 0.3) is 5.56 Å². The van der Waals surface area contributed by atoms with Crippen molar-refractivity contribution in [2.24, 2.45) is 7.05 Å². The van der Waals surface area contributed by atoms with E-state index in [4.69, 9.17) is 16.7 Å². The number of hydrogen-bond donors (Lipinski definition) is 2. The molecule has 1 unspecified atom stereocenters. The Morgan fingerprint density at radius 3 is 2.73 bits per heavy atom. The van der Waals surface area contributed by atoms with Gasteiger partial charge in [0.1, 0.15) is 5.65 Å². The van der Waals surface area contributed by atoms with Crippen LogP contribution in [0.5, 0.6) is 0 Å². The fraction of sp³-hybridized carbons (Fsp3) is 0.278. The van der Waals surface area contributed by atoms with Gasteiger partial charge >= 0.3 is 0 Å². The molecular formula is C18H20Cl2N4O2. The lowest BCUT2D eigenvalue weighted by Gasteiger charge is -2.14. The molecule has 0 saturated heterocycles. The molecule has 0 aliphatic carbocycles. The molecule has 3 rings (SSSR count). The number of fused-ring (bicyclic) bond motifs is 1. The Morgan fingerprint density at radius 2 is 2.04 bits per heavy atom. The van der Waals surface area contributed by atoms with E-state index in [0.717, 1.165) is 5.39 Å². The van der Waals surface area contributed by atoms with Crippen LogP contribution in [-0.2, 0) is 7.05 Å². The second kappa shape index (κ2) is 8.49. The second-order valence-electron chi connectivity index (χ2n) is 5.93. The van der Waals surface area contributed by atoms with Gasteiger partial charge in [-0.25, -0.2) is 4.98 Å². The molecule has 0 aliphatic heterocycles. The maximum Gasteiger partial charge on any atom is 0.259 e.